The lowest BCUT2D eigenvalue weighted by molar-refractivity contribution is -0.132. The molecule has 0 radical (unpaired) electrons. The summed E-state index contributed by atoms with van der Waals surface area (Å²) in [5.74, 6) is -1.07. The molecule has 3 aromatic carbocycles. The lowest BCUT2D eigenvalue weighted by Gasteiger charge is -2.26. The number of phenolic OH excluding ortho intramolecular Hbond substituents is 1. The van der Waals surface area contributed by atoms with Gasteiger partial charge in [-0.25, -0.2) is 0 Å². The molecule has 4 rings (SSSR count). The van der Waals surface area contributed by atoms with Crippen LogP contribution in [0, 0.1) is 0 Å². The van der Waals surface area contributed by atoms with Gasteiger partial charge in [0.2, 0.25) is 0 Å². The van der Waals surface area contributed by atoms with E-state index in [2.05, 4.69) is 0 Å². The predicted molar refractivity (Wildman–Crippen MR) is 147 cm³/mol. The van der Waals surface area contributed by atoms with Crippen molar-refractivity contribution in [2.75, 3.05) is 37.1 Å². The van der Waals surface area contributed by atoms with E-state index in [1.165, 1.54) is 11.0 Å². The highest BCUT2D eigenvalue weighted by atomic mass is 16.5. The van der Waals surface area contributed by atoms with Gasteiger partial charge in [-0.05, 0) is 79.6 Å². The molecule has 0 spiro atoms. The van der Waals surface area contributed by atoms with Gasteiger partial charge < -0.3 is 24.6 Å². The Morgan fingerprint density at radius 3 is 2.24 bits per heavy atom. The summed E-state index contributed by atoms with van der Waals surface area (Å²) in [6, 6.07) is 17.7. The van der Waals surface area contributed by atoms with Crippen LogP contribution in [-0.2, 0) is 9.59 Å². The number of carbonyl (C=O) groups excluding carboxylic acids is 2. The molecule has 3 aromatic rings. The van der Waals surface area contributed by atoms with Crippen LogP contribution in [0.3, 0.4) is 0 Å². The topological polar surface area (TPSA) is 99.5 Å². The van der Waals surface area contributed by atoms with E-state index in [1.807, 2.05) is 38.1 Å². The number of aliphatic hydroxyl groups excluding tert-OH is 1. The lowest BCUT2D eigenvalue weighted by Crippen LogP contribution is -2.29. The maximum absolute atomic E-state index is 13.4. The number of carbonyl (C=O) groups is 2. The maximum atomic E-state index is 13.4. The second kappa shape index (κ2) is 11.3. The van der Waals surface area contributed by atoms with Gasteiger partial charge in [0, 0.05) is 31.0 Å². The molecule has 1 heterocycles. The van der Waals surface area contributed by atoms with Gasteiger partial charge >= 0.3 is 0 Å². The fraction of sp³-hybridized carbons (Fsp3) is 0.267. The molecule has 1 unspecified atom stereocenters. The van der Waals surface area contributed by atoms with Crippen LogP contribution in [0.4, 0.5) is 11.4 Å². The van der Waals surface area contributed by atoms with Crippen molar-refractivity contribution in [3.05, 3.63) is 83.4 Å². The van der Waals surface area contributed by atoms with Crippen LogP contribution in [-0.4, -0.2) is 49.2 Å². The molecule has 0 saturated carbocycles. The summed E-state index contributed by atoms with van der Waals surface area (Å²) in [6.07, 6.45) is 0.858. The second-order valence-corrected chi connectivity index (χ2v) is 9.11. The zero-order chi connectivity index (χ0) is 27.4. The highest BCUT2D eigenvalue weighted by Gasteiger charge is 2.47. The summed E-state index contributed by atoms with van der Waals surface area (Å²) in [5, 5.41) is 21.6. The van der Waals surface area contributed by atoms with E-state index in [0.717, 1.165) is 12.1 Å². The molecule has 1 fully saturated rings. The molecule has 1 saturated heterocycles. The number of amides is 1. The van der Waals surface area contributed by atoms with E-state index in [0.29, 0.717) is 35.8 Å². The first kappa shape index (κ1) is 26.6. The van der Waals surface area contributed by atoms with Crippen LogP contribution in [0.15, 0.2) is 72.3 Å². The van der Waals surface area contributed by atoms with Crippen molar-refractivity contribution in [1.29, 1.82) is 0 Å². The minimum atomic E-state index is -0.948. The number of anilines is 2. The normalized spacial score (nSPS) is 16.5. The third-order valence-corrected chi connectivity index (χ3v) is 6.29. The van der Waals surface area contributed by atoms with Gasteiger partial charge in [-0.3, -0.25) is 14.5 Å². The standard InChI is InChI=1S/C30H32N2O6/c1-5-17-38-23-14-7-19(8-15-23)28(34)26-27(20-9-16-24(33)25(18-20)37-6-2)32(30(36)29(26)35)22-12-10-21(11-13-22)31(3)4/h7-16,18,27,33-34H,5-6,17H2,1-4H3/b28-26-. The van der Waals surface area contributed by atoms with Gasteiger partial charge in [0.15, 0.2) is 11.5 Å². The van der Waals surface area contributed by atoms with Crippen LogP contribution in [0.2, 0.25) is 0 Å². The average molecular weight is 517 g/mol. The molecule has 0 aromatic heterocycles. The molecular weight excluding hydrogens is 484 g/mol. The molecule has 0 bridgehead atoms. The number of aliphatic hydroxyl groups is 1. The minimum Gasteiger partial charge on any atom is -0.507 e. The maximum Gasteiger partial charge on any atom is 0.300 e. The Labute approximate surface area is 222 Å². The molecule has 2 N–H and O–H groups in total. The van der Waals surface area contributed by atoms with Crippen molar-refractivity contribution in [3.63, 3.8) is 0 Å². The molecule has 38 heavy (non-hydrogen) atoms. The van der Waals surface area contributed by atoms with E-state index < -0.39 is 17.7 Å². The lowest BCUT2D eigenvalue weighted by atomic mass is 9.94. The molecule has 1 aliphatic heterocycles. The van der Waals surface area contributed by atoms with Crippen molar-refractivity contribution in [2.24, 2.45) is 0 Å². The van der Waals surface area contributed by atoms with Crippen molar-refractivity contribution >= 4 is 28.8 Å². The molecule has 198 valence electrons. The number of ketones is 1. The van der Waals surface area contributed by atoms with Crippen LogP contribution in [0.25, 0.3) is 5.76 Å². The Morgan fingerprint density at radius 2 is 1.63 bits per heavy atom. The van der Waals surface area contributed by atoms with Crippen LogP contribution in [0.5, 0.6) is 17.2 Å². The number of hydrogen-bond acceptors (Lipinski definition) is 7. The van der Waals surface area contributed by atoms with Crippen molar-refractivity contribution in [2.45, 2.75) is 26.3 Å². The van der Waals surface area contributed by atoms with Crippen LogP contribution in [0.1, 0.15) is 37.4 Å². The molecule has 1 amide bonds. The van der Waals surface area contributed by atoms with Crippen molar-refractivity contribution < 1.29 is 29.3 Å². The fourth-order valence-corrected chi connectivity index (χ4v) is 4.38. The van der Waals surface area contributed by atoms with Crippen LogP contribution < -0.4 is 19.3 Å². The third kappa shape index (κ3) is 5.16. The number of benzene rings is 3. The SMILES string of the molecule is CCCOc1ccc(/C(O)=C2/C(=O)C(=O)N(c3ccc(N(C)C)cc3)C2c2ccc(O)c(OCC)c2)cc1. The monoisotopic (exact) mass is 516 g/mol. The van der Waals surface area contributed by atoms with Gasteiger partial charge in [0.05, 0.1) is 24.8 Å². The Bertz CT molecular complexity index is 1350. The summed E-state index contributed by atoms with van der Waals surface area (Å²) in [6.45, 7) is 4.67. The van der Waals surface area contributed by atoms with E-state index in [9.17, 15) is 19.8 Å². The molecule has 1 aliphatic rings. The zero-order valence-corrected chi connectivity index (χ0v) is 22.0. The Morgan fingerprint density at radius 1 is 0.947 bits per heavy atom. The third-order valence-electron chi connectivity index (χ3n) is 6.29. The van der Waals surface area contributed by atoms with Gasteiger partial charge in [0.25, 0.3) is 11.7 Å². The molecule has 8 nitrogen and oxygen atoms in total. The number of rotatable bonds is 9. The number of Topliss-reactive ketones (excluding diaryl/α,β-unsaturated/α-hetero) is 1. The van der Waals surface area contributed by atoms with E-state index in [1.54, 1.807) is 55.5 Å². The number of aromatic hydroxyl groups is 1. The summed E-state index contributed by atoms with van der Waals surface area (Å²) in [5.41, 5.74) is 2.25. The smallest absolute Gasteiger partial charge is 0.300 e. The zero-order valence-electron chi connectivity index (χ0n) is 22.0. The number of nitrogens with zero attached hydrogens (tertiary/aromatic N) is 2. The van der Waals surface area contributed by atoms with E-state index in [-0.39, 0.29) is 22.8 Å². The number of hydrogen-bond donors (Lipinski definition) is 2. The van der Waals surface area contributed by atoms with Gasteiger partial charge in [0.1, 0.15) is 11.5 Å². The van der Waals surface area contributed by atoms with Gasteiger partial charge in [-0.1, -0.05) is 13.0 Å². The Hall–Kier alpha value is -4.46. The summed E-state index contributed by atoms with van der Waals surface area (Å²) >= 11 is 0. The molecule has 8 heteroatoms. The first-order valence-corrected chi connectivity index (χ1v) is 12.5. The minimum absolute atomic E-state index is 0.0537. The highest BCUT2D eigenvalue weighted by molar-refractivity contribution is 6.51. The van der Waals surface area contributed by atoms with E-state index in [4.69, 9.17) is 9.47 Å². The van der Waals surface area contributed by atoms with E-state index >= 15 is 0 Å². The van der Waals surface area contributed by atoms with Gasteiger partial charge in [-0.2, -0.15) is 0 Å². The first-order chi connectivity index (χ1) is 18.3. The Balaban J connectivity index is 1.87. The van der Waals surface area contributed by atoms with Crippen molar-refractivity contribution in [3.8, 4) is 17.2 Å². The summed E-state index contributed by atoms with van der Waals surface area (Å²) < 4.78 is 11.2. The number of ether oxygens (including phenoxy) is 2. The quantitative estimate of drug-likeness (QED) is 0.227. The predicted octanol–water partition coefficient (Wildman–Crippen LogP) is 5.27. The fourth-order valence-electron chi connectivity index (χ4n) is 4.38. The van der Waals surface area contributed by atoms with Crippen LogP contribution >= 0.6 is 0 Å². The number of phenols is 1. The largest absolute Gasteiger partial charge is 0.507 e. The molecular formula is C30H32N2O6. The first-order valence-electron chi connectivity index (χ1n) is 12.5. The molecule has 1 atom stereocenters. The Kier molecular flexibility index (Phi) is 7.90. The summed E-state index contributed by atoms with van der Waals surface area (Å²) in [4.78, 5) is 30.1. The van der Waals surface area contributed by atoms with Gasteiger partial charge in [-0.15, -0.1) is 0 Å². The second-order valence-electron chi connectivity index (χ2n) is 9.11. The summed E-state index contributed by atoms with van der Waals surface area (Å²) in [7, 11) is 3.82. The molecule has 0 aliphatic carbocycles. The highest BCUT2D eigenvalue weighted by Crippen LogP contribution is 2.44. The van der Waals surface area contributed by atoms with Crippen molar-refractivity contribution in [1.82, 2.24) is 0 Å². The average Bonchev–Trinajstić information content (AvgIpc) is 3.18.